The van der Waals surface area contributed by atoms with Gasteiger partial charge in [0.2, 0.25) is 5.88 Å². The van der Waals surface area contributed by atoms with Crippen LogP contribution in [0.5, 0.6) is 5.88 Å². The Morgan fingerprint density at radius 3 is 2.64 bits per heavy atom. The lowest BCUT2D eigenvalue weighted by molar-refractivity contribution is 0.336. The van der Waals surface area contributed by atoms with Gasteiger partial charge in [0, 0.05) is 19.6 Å². The van der Waals surface area contributed by atoms with Crippen LogP contribution >= 0.6 is 0 Å². The standard InChI is InChI=1S/C24H33N7O2/c1-16-20-21(31(28-16)17-8-5-4-6-9-17)23(32)27-22(26-20)18-10-11-19(25-24(18)33-3)30-13-7-12-29(2)14-15-30/h10-11,17H,4-9,12-15H2,1-3H3,(H,26,27,32). The number of aryl methyl sites for hydroxylation is 1. The molecule has 33 heavy (non-hydrogen) atoms. The highest BCUT2D eigenvalue weighted by molar-refractivity contribution is 5.79. The highest BCUT2D eigenvalue weighted by Gasteiger charge is 2.24. The van der Waals surface area contributed by atoms with Crippen LogP contribution < -0.4 is 15.2 Å². The summed E-state index contributed by atoms with van der Waals surface area (Å²) in [5.41, 5.74) is 2.52. The number of rotatable bonds is 4. The van der Waals surface area contributed by atoms with Crippen molar-refractivity contribution in [3.05, 3.63) is 28.2 Å². The third-order valence-corrected chi connectivity index (χ3v) is 6.98. The number of fused-ring (bicyclic) bond motifs is 1. The molecule has 0 spiro atoms. The number of pyridine rings is 1. The molecule has 2 aliphatic rings. The predicted octanol–water partition coefficient (Wildman–Crippen LogP) is 3.15. The molecule has 0 aromatic carbocycles. The van der Waals surface area contributed by atoms with Crippen molar-refractivity contribution in [1.29, 1.82) is 0 Å². The maximum atomic E-state index is 13.2. The van der Waals surface area contributed by atoms with Gasteiger partial charge in [0.25, 0.3) is 5.56 Å². The predicted molar refractivity (Wildman–Crippen MR) is 129 cm³/mol. The molecule has 9 nitrogen and oxygen atoms in total. The topological polar surface area (TPSA) is 92.2 Å². The van der Waals surface area contributed by atoms with E-state index in [1.54, 1.807) is 7.11 Å². The zero-order chi connectivity index (χ0) is 22.9. The van der Waals surface area contributed by atoms with Crippen LogP contribution in [0.2, 0.25) is 0 Å². The molecular weight excluding hydrogens is 418 g/mol. The van der Waals surface area contributed by atoms with Crippen LogP contribution in [0.4, 0.5) is 5.82 Å². The third kappa shape index (κ3) is 4.21. The van der Waals surface area contributed by atoms with Crippen LogP contribution in [0.1, 0.15) is 50.3 Å². The van der Waals surface area contributed by atoms with Crippen LogP contribution in [0.3, 0.4) is 0 Å². The molecule has 9 heteroatoms. The van der Waals surface area contributed by atoms with E-state index in [1.165, 1.54) is 19.3 Å². The largest absolute Gasteiger partial charge is 0.480 e. The van der Waals surface area contributed by atoms with E-state index in [-0.39, 0.29) is 11.6 Å². The molecule has 1 saturated heterocycles. The summed E-state index contributed by atoms with van der Waals surface area (Å²) >= 11 is 0. The normalized spacial score (nSPS) is 18.6. The van der Waals surface area contributed by atoms with Crippen molar-refractivity contribution < 1.29 is 4.74 Å². The molecular formula is C24H33N7O2. The molecule has 2 fully saturated rings. The van der Waals surface area contributed by atoms with Crippen LogP contribution in [-0.2, 0) is 0 Å². The van der Waals surface area contributed by atoms with Crippen molar-refractivity contribution in [1.82, 2.24) is 29.6 Å². The summed E-state index contributed by atoms with van der Waals surface area (Å²) in [5, 5.41) is 4.72. The summed E-state index contributed by atoms with van der Waals surface area (Å²) in [4.78, 5) is 30.4. The van der Waals surface area contributed by atoms with E-state index in [1.807, 2.05) is 23.7 Å². The summed E-state index contributed by atoms with van der Waals surface area (Å²) in [5.74, 6) is 1.81. The fourth-order valence-corrected chi connectivity index (χ4v) is 5.13. The Morgan fingerprint density at radius 2 is 1.85 bits per heavy atom. The minimum atomic E-state index is -0.164. The Labute approximate surface area is 193 Å². The first-order chi connectivity index (χ1) is 16.0. The van der Waals surface area contributed by atoms with Gasteiger partial charge in [0.1, 0.15) is 17.2 Å². The summed E-state index contributed by atoms with van der Waals surface area (Å²) < 4.78 is 7.55. The first kappa shape index (κ1) is 21.9. The van der Waals surface area contributed by atoms with Gasteiger partial charge >= 0.3 is 0 Å². The van der Waals surface area contributed by atoms with Crippen molar-refractivity contribution >= 4 is 16.9 Å². The molecule has 1 aliphatic carbocycles. The van der Waals surface area contributed by atoms with E-state index >= 15 is 0 Å². The van der Waals surface area contributed by atoms with Crippen molar-refractivity contribution in [2.75, 3.05) is 45.2 Å². The van der Waals surface area contributed by atoms with Gasteiger partial charge < -0.3 is 19.5 Å². The number of aromatic amines is 1. The van der Waals surface area contributed by atoms with Gasteiger partial charge in [-0.2, -0.15) is 10.1 Å². The minimum absolute atomic E-state index is 0.164. The maximum Gasteiger partial charge on any atom is 0.277 e. The van der Waals surface area contributed by atoms with E-state index in [0.29, 0.717) is 28.3 Å². The summed E-state index contributed by atoms with van der Waals surface area (Å²) in [7, 11) is 3.76. The Kier molecular flexibility index (Phi) is 6.05. The van der Waals surface area contributed by atoms with E-state index in [9.17, 15) is 4.79 Å². The number of anilines is 1. The molecule has 3 aromatic rings. The zero-order valence-electron chi connectivity index (χ0n) is 19.8. The molecule has 5 rings (SSSR count). The Morgan fingerprint density at radius 1 is 1.03 bits per heavy atom. The quantitative estimate of drug-likeness (QED) is 0.651. The second-order valence-electron chi connectivity index (χ2n) is 9.30. The SMILES string of the molecule is COc1nc(N2CCCN(C)CC2)ccc1-c1nc2c(C)nn(C3CCCCC3)c2c(=O)[nH]1. The van der Waals surface area contributed by atoms with Crippen molar-refractivity contribution in [2.24, 2.45) is 0 Å². The number of H-pyrrole nitrogens is 1. The average Bonchev–Trinajstić information content (AvgIpc) is 3.02. The van der Waals surface area contributed by atoms with Crippen molar-refractivity contribution in [3.8, 4) is 17.3 Å². The molecule has 3 aromatic heterocycles. The van der Waals surface area contributed by atoms with Gasteiger partial charge in [-0.1, -0.05) is 19.3 Å². The van der Waals surface area contributed by atoms with Gasteiger partial charge in [-0.3, -0.25) is 9.48 Å². The number of likely N-dealkylation sites (N-methyl/N-ethyl adjacent to an activating group) is 1. The fraction of sp³-hybridized carbons (Fsp3) is 0.583. The first-order valence-corrected chi connectivity index (χ1v) is 12.0. The molecule has 176 valence electrons. The minimum Gasteiger partial charge on any atom is -0.480 e. The van der Waals surface area contributed by atoms with Crippen molar-refractivity contribution in [2.45, 2.75) is 51.5 Å². The molecule has 4 heterocycles. The number of aromatic nitrogens is 5. The Balaban J connectivity index is 1.52. The molecule has 1 aliphatic heterocycles. The molecule has 0 bridgehead atoms. The third-order valence-electron chi connectivity index (χ3n) is 6.98. The number of nitrogens with one attached hydrogen (secondary N) is 1. The lowest BCUT2D eigenvalue weighted by atomic mass is 9.95. The monoisotopic (exact) mass is 451 g/mol. The van der Waals surface area contributed by atoms with Gasteiger partial charge in [-0.15, -0.1) is 0 Å². The second kappa shape index (κ2) is 9.13. The summed E-state index contributed by atoms with van der Waals surface area (Å²) in [6.45, 7) is 5.90. The summed E-state index contributed by atoms with van der Waals surface area (Å²) in [6, 6.07) is 4.21. The van der Waals surface area contributed by atoms with E-state index in [0.717, 1.165) is 57.0 Å². The zero-order valence-corrected chi connectivity index (χ0v) is 19.8. The molecule has 0 unspecified atom stereocenters. The molecule has 1 saturated carbocycles. The van der Waals surface area contributed by atoms with Gasteiger partial charge in [-0.25, -0.2) is 4.98 Å². The molecule has 0 radical (unpaired) electrons. The smallest absolute Gasteiger partial charge is 0.277 e. The highest BCUT2D eigenvalue weighted by Crippen LogP contribution is 2.32. The lowest BCUT2D eigenvalue weighted by Crippen LogP contribution is -2.29. The lowest BCUT2D eigenvalue weighted by Gasteiger charge is -2.22. The van der Waals surface area contributed by atoms with Crippen LogP contribution in [0.25, 0.3) is 22.4 Å². The molecule has 1 N–H and O–H groups in total. The van der Waals surface area contributed by atoms with Gasteiger partial charge in [0.05, 0.1) is 24.4 Å². The van der Waals surface area contributed by atoms with Crippen LogP contribution in [0, 0.1) is 6.92 Å². The van der Waals surface area contributed by atoms with Crippen LogP contribution in [-0.4, -0.2) is 70.0 Å². The average molecular weight is 452 g/mol. The van der Waals surface area contributed by atoms with Crippen molar-refractivity contribution in [3.63, 3.8) is 0 Å². The number of hydrogen-bond acceptors (Lipinski definition) is 7. The van der Waals surface area contributed by atoms with E-state index in [2.05, 4.69) is 21.8 Å². The second-order valence-corrected chi connectivity index (χ2v) is 9.30. The fourth-order valence-electron chi connectivity index (χ4n) is 5.13. The van der Waals surface area contributed by atoms with E-state index in [4.69, 9.17) is 19.8 Å². The molecule has 0 atom stereocenters. The van der Waals surface area contributed by atoms with E-state index < -0.39 is 0 Å². The maximum absolute atomic E-state index is 13.2. The summed E-state index contributed by atoms with van der Waals surface area (Å²) in [6.07, 6.45) is 6.82. The number of methoxy groups -OCH3 is 1. The van der Waals surface area contributed by atoms with Gasteiger partial charge in [0.15, 0.2) is 5.52 Å². The Hall–Kier alpha value is -2.94. The number of nitrogens with zero attached hydrogens (tertiary/aromatic N) is 6. The number of ether oxygens (including phenoxy) is 1. The first-order valence-electron chi connectivity index (χ1n) is 12.0. The molecule has 0 amide bonds. The number of hydrogen-bond donors (Lipinski definition) is 1. The van der Waals surface area contributed by atoms with Gasteiger partial charge in [-0.05, 0) is 51.9 Å². The Bertz CT molecular complexity index is 1200. The highest BCUT2D eigenvalue weighted by atomic mass is 16.5. The van der Waals surface area contributed by atoms with Crippen LogP contribution in [0.15, 0.2) is 16.9 Å².